The fourth-order valence-corrected chi connectivity index (χ4v) is 7.70. The number of aromatic nitrogens is 2. The Bertz CT molecular complexity index is 2760. The summed E-state index contributed by atoms with van der Waals surface area (Å²) in [6.45, 7) is 0. The molecular formula is C48H33BrN2. The minimum absolute atomic E-state index is 1.10. The normalized spacial score (nSPS) is 11.2. The highest BCUT2D eigenvalue weighted by Crippen LogP contribution is 2.35. The lowest BCUT2D eigenvalue weighted by molar-refractivity contribution is 1.18. The summed E-state index contributed by atoms with van der Waals surface area (Å²) in [5.41, 5.74) is 12.3. The monoisotopic (exact) mass is 716 g/mol. The van der Waals surface area contributed by atoms with Crippen LogP contribution in [0.2, 0.25) is 0 Å². The van der Waals surface area contributed by atoms with Crippen LogP contribution in [0.5, 0.6) is 0 Å². The Morgan fingerprint density at radius 3 is 1.12 bits per heavy atom. The van der Waals surface area contributed by atoms with Crippen LogP contribution in [0.3, 0.4) is 0 Å². The van der Waals surface area contributed by atoms with Gasteiger partial charge in [-0.15, -0.1) is 0 Å². The van der Waals surface area contributed by atoms with E-state index in [0.717, 1.165) is 4.47 Å². The molecule has 10 aromatic rings. The van der Waals surface area contributed by atoms with Crippen LogP contribution in [-0.4, -0.2) is 9.13 Å². The van der Waals surface area contributed by atoms with Gasteiger partial charge in [0, 0.05) is 37.4 Å². The van der Waals surface area contributed by atoms with Crippen LogP contribution in [0, 0.1) is 0 Å². The van der Waals surface area contributed by atoms with Crippen molar-refractivity contribution >= 4 is 59.5 Å². The largest absolute Gasteiger partial charge is 0.309 e. The first-order valence-corrected chi connectivity index (χ1v) is 18.0. The SMILES string of the molecule is Brc1ccc2c(c1)c1ccccc1n2-c1cccc(-c2ccccc2)c1.c1ccc(-c2cccc(-n3c4ccccc4c4ccccc43)c2)cc1. The standard InChI is InChI=1S/C24H16BrN.C24H17N/c25-19-13-14-24-22(16-19)21-11-4-5-12-23(21)26(24)20-10-6-9-18(15-20)17-7-2-1-3-8-17;1-2-9-18(10-3-1)19-11-8-12-20(17-19)25-23-15-6-4-13-21(23)22-14-5-7-16-24(22)25/h1-16H;1-17H. The van der Waals surface area contributed by atoms with Gasteiger partial charge in [0.25, 0.3) is 0 Å². The molecule has 0 amide bonds. The molecule has 0 aliphatic rings. The van der Waals surface area contributed by atoms with Crippen molar-refractivity contribution in [2.24, 2.45) is 0 Å². The Morgan fingerprint density at radius 1 is 0.275 bits per heavy atom. The molecule has 0 bridgehead atoms. The maximum Gasteiger partial charge on any atom is 0.0541 e. The molecule has 0 atom stereocenters. The Kier molecular flexibility index (Phi) is 8.04. The third-order valence-electron chi connectivity index (χ3n) is 9.64. The van der Waals surface area contributed by atoms with Gasteiger partial charge in [-0.05, 0) is 82.9 Å². The molecule has 10 rings (SSSR count). The van der Waals surface area contributed by atoms with Crippen LogP contribution < -0.4 is 0 Å². The van der Waals surface area contributed by atoms with Crippen molar-refractivity contribution in [3.8, 4) is 33.6 Å². The summed E-state index contributed by atoms with van der Waals surface area (Å²) in [6.07, 6.45) is 0. The highest BCUT2D eigenvalue weighted by atomic mass is 79.9. The number of rotatable bonds is 4. The van der Waals surface area contributed by atoms with E-state index in [0.29, 0.717) is 0 Å². The zero-order valence-corrected chi connectivity index (χ0v) is 29.4. The van der Waals surface area contributed by atoms with E-state index in [9.17, 15) is 0 Å². The maximum atomic E-state index is 3.62. The second kappa shape index (κ2) is 13.3. The van der Waals surface area contributed by atoms with E-state index in [2.05, 4.69) is 225 Å². The number of fused-ring (bicyclic) bond motifs is 6. The molecule has 2 nitrogen and oxygen atoms in total. The molecule has 3 heteroatoms. The number of halogens is 1. The number of benzene rings is 8. The third-order valence-corrected chi connectivity index (χ3v) is 10.1. The molecular weight excluding hydrogens is 684 g/mol. The van der Waals surface area contributed by atoms with Gasteiger partial charge in [-0.2, -0.15) is 0 Å². The first-order chi connectivity index (χ1) is 25.2. The number of hydrogen-bond donors (Lipinski definition) is 0. The van der Waals surface area contributed by atoms with Gasteiger partial charge in [-0.25, -0.2) is 0 Å². The minimum Gasteiger partial charge on any atom is -0.309 e. The fourth-order valence-electron chi connectivity index (χ4n) is 7.33. The molecule has 0 unspecified atom stereocenters. The van der Waals surface area contributed by atoms with Gasteiger partial charge >= 0.3 is 0 Å². The van der Waals surface area contributed by atoms with E-state index in [1.807, 2.05) is 0 Å². The van der Waals surface area contributed by atoms with Gasteiger partial charge in [0.1, 0.15) is 0 Å². The lowest BCUT2D eigenvalue weighted by atomic mass is 10.1. The van der Waals surface area contributed by atoms with Crippen LogP contribution >= 0.6 is 15.9 Å². The van der Waals surface area contributed by atoms with E-state index < -0.39 is 0 Å². The van der Waals surface area contributed by atoms with Crippen molar-refractivity contribution in [1.29, 1.82) is 0 Å². The quantitative estimate of drug-likeness (QED) is 0.172. The predicted octanol–water partition coefficient (Wildman–Crippen LogP) is 13.7. The molecule has 8 aromatic carbocycles. The molecule has 0 spiro atoms. The molecule has 0 N–H and O–H groups in total. The van der Waals surface area contributed by atoms with Crippen molar-refractivity contribution in [3.05, 3.63) is 205 Å². The van der Waals surface area contributed by atoms with Crippen LogP contribution in [-0.2, 0) is 0 Å². The Balaban J connectivity index is 0.000000137. The van der Waals surface area contributed by atoms with E-state index in [1.54, 1.807) is 0 Å². The zero-order chi connectivity index (χ0) is 34.1. The van der Waals surface area contributed by atoms with Crippen molar-refractivity contribution < 1.29 is 0 Å². The summed E-state index contributed by atoms with van der Waals surface area (Å²) in [5.74, 6) is 0. The van der Waals surface area contributed by atoms with Crippen LogP contribution in [0.1, 0.15) is 0 Å². The summed E-state index contributed by atoms with van der Waals surface area (Å²) in [7, 11) is 0. The smallest absolute Gasteiger partial charge is 0.0541 e. The minimum atomic E-state index is 1.10. The molecule has 0 saturated heterocycles. The molecule has 2 aromatic heterocycles. The average molecular weight is 718 g/mol. The summed E-state index contributed by atoms with van der Waals surface area (Å²) in [5, 5.41) is 5.13. The molecule has 0 radical (unpaired) electrons. The predicted molar refractivity (Wildman–Crippen MR) is 220 cm³/mol. The second-order valence-electron chi connectivity index (χ2n) is 12.7. The highest BCUT2D eigenvalue weighted by molar-refractivity contribution is 9.10. The number of hydrogen-bond acceptors (Lipinski definition) is 0. The lowest BCUT2D eigenvalue weighted by Gasteiger charge is -2.10. The maximum absolute atomic E-state index is 3.62. The van der Waals surface area contributed by atoms with Crippen molar-refractivity contribution in [1.82, 2.24) is 9.13 Å². The molecule has 0 fully saturated rings. The molecule has 51 heavy (non-hydrogen) atoms. The first-order valence-electron chi connectivity index (χ1n) is 17.2. The molecule has 0 aliphatic carbocycles. The van der Waals surface area contributed by atoms with Crippen LogP contribution in [0.4, 0.5) is 0 Å². The van der Waals surface area contributed by atoms with Gasteiger partial charge in [0.05, 0.1) is 22.1 Å². The molecule has 0 aliphatic heterocycles. The van der Waals surface area contributed by atoms with Crippen LogP contribution in [0.15, 0.2) is 205 Å². The summed E-state index contributed by atoms with van der Waals surface area (Å²) in [4.78, 5) is 0. The molecule has 0 saturated carbocycles. The topological polar surface area (TPSA) is 9.86 Å². The second-order valence-corrected chi connectivity index (χ2v) is 13.6. The zero-order valence-electron chi connectivity index (χ0n) is 27.8. The van der Waals surface area contributed by atoms with Crippen LogP contribution in [0.25, 0.3) is 77.2 Å². The van der Waals surface area contributed by atoms with E-state index in [-0.39, 0.29) is 0 Å². The van der Waals surface area contributed by atoms with E-state index in [4.69, 9.17) is 0 Å². The Hall–Kier alpha value is -6.16. The summed E-state index contributed by atoms with van der Waals surface area (Å²) >= 11 is 3.62. The third kappa shape index (κ3) is 5.72. The fraction of sp³-hybridized carbons (Fsp3) is 0. The van der Waals surface area contributed by atoms with Crippen molar-refractivity contribution in [3.63, 3.8) is 0 Å². The summed E-state index contributed by atoms with van der Waals surface area (Å²) in [6, 6.07) is 70.9. The van der Waals surface area contributed by atoms with Gasteiger partial charge in [0.2, 0.25) is 0 Å². The van der Waals surface area contributed by atoms with Crippen molar-refractivity contribution in [2.75, 3.05) is 0 Å². The highest BCUT2D eigenvalue weighted by Gasteiger charge is 2.14. The Labute approximate surface area is 305 Å². The lowest BCUT2D eigenvalue weighted by Crippen LogP contribution is -1.94. The van der Waals surface area contributed by atoms with Gasteiger partial charge in [-0.1, -0.05) is 155 Å². The van der Waals surface area contributed by atoms with Gasteiger partial charge in [-0.3, -0.25) is 0 Å². The summed E-state index contributed by atoms with van der Waals surface area (Å²) < 4.78 is 5.81. The number of nitrogens with zero attached hydrogens (tertiary/aromatic N) is 2. The average Bonchev–Trinajstić information content (AvgIpc) is 3.72. The first kappa shape index (κ1) is 30.9. The van der Waals surface area contributed by atoms with E-state index >= 15 is 0 Å². The van der Waals surface area contributed by atoms with Gasteiger partial charge < -0.3 is 9.13 Å². The van der Waals surface area contributed by atoms with Gasteiger partial charge in [0.15, 0.2) is 0 Å². The molecule has 2 heterocycles. The molecule has 242 valence electrons. The Morgan fingerprint density at radius 2 is 0.647 bits per heavy atom. The van der Waals surface area contributed by atoms with Crippen molar-refractivity contribution in [2.45, 2.75) is 0 Å². The number of para-hydroxylation sites is 3. The van der Waals surface area contributed by atoms with E-state index in [1.165, 1.54) is 77.2 Å².